The molecular weight excluding hydrogens is 262 g/mol. The average Bonchev–Trinajstić information content (AvgIpc) is 2.40. The van der Waals surface area contributed by atoms with Crippen LogP contribution in [0.5, 0.6) is 11.5 Å². The van der Waals surface area contributed by atoms with Gasteiger partial charge in [-0.25, -0.2) is 0 Å². The number of nitrogens with one attached hydrogen (secondary N) is 1. The maximum Gasteiger partial charge on any atom is 0.179 e. The standard InChI is InChI=1S/C15H24ClNO2/c1-5-11(4)17-10-12-8-13(16)15(19-7-3)14(9-12)18-6-2/h8-9,11,17H,5-7,10H2,1-4H3/t11-/m0/s1. The van der Waals surface area contributed by atoms with Crippen LogP contribution in [-0.2, 0) is 6.54 Å². The molecule has 0 radical (unpaired) electrons. The highest BCUT2D eigenvalue weighted by atomic mass is 35.5. The molecule has 0 amide bonds. The highest BCUT2D eigenvalue weighted by molar-refractivity contribution is 6.32. The monoisotopic (exact) mass is 285 g/mol. The maximum absolute atomic E-state index is 6.27. The van der Waals surface area contributed by atoms with E-state index < -0.39 is 0 Å². The van der Waals surface area contributed by atoms with Crippen molar-refractivity contribution in [1.82, 2.24) is 5.32 Å². The summed E-state index contributed by atoms with van der Waals surface area (Å²) in [6.07, 6.45) is 1.10. The van der Waals surface area contributed by atoms with Crippen LogP contribution in [0.25, 0.3) is 0 Å². The zero-order valence-electron chi connectivity index (χ0n) is 12.3. The Morgan fingerprint density at radius 3 is 2.42 bits per heavy atom. The molecule has 1 atom stereocenters. The van der Waals surface area contributed by atoms with E-state index >= 15 is 0 Å². The molecule has 1 rings (SSSR count). The van der Waals surface area contributed by atoms with Gasteiger partial charge in [-0.05, 0) is 44.9 Å². The Balaban J connectivity index is 2.89. The van der Waals surface area contributed by atoms with Crippen molar-refractivity contribution in [2.75, 3.05) is 13.2 Å². The average molecular weight is 286 g/mol. The summed E-state index contributed by atoms with van der Waals surface area (Å²) in [6, 6.07) is 4.42. The van der Waals surface area contributed by atoms with E-state index in [9.17, 15) is 0 Å². The van der Waals surface area contributed by atoms with Gasteiger partial charge in [0.15, 0.2) is 11.5 Å². The Morgan fingerprint density at radius 1 is 1.16 bits per heavy atom. The van der Waals surface area contributed by atoms with E-state index in [2.05, 4.69) is 19.2 Å². The molecule has 1 N–H and O–H groups in total. The normalized spacial score (nSPS) is 12.3. The van der Waals surface area contributed by atoms with E-state index in [-0.39, 0.29) is 0 Å². The molecule has 0 saturated heterocycles. The van der Waals surface area contributed by atoms with Crippen LogP contribution in [0, 0.1) is 0 Å². The molecule has 1 aromatic carbocycles. The van der Waals surface area contributed by atoms with Crippen molar-refractivity contribution in [3.05, 3.63) is 22.7 Å². The van der Waals surface area contributed by atoms with Crippen molar-refractivity contribution >= 4 is 11.6 Å². The van der Waals surface area contributed by atoms with E-state index in [4.69, 9.17) is 21.1 Å². The summed E-state index contributed by atoms with van der Waals surface area (Å²) in [7, 11) is 0. The van der Waals surface area contributed by atoms with Crippen molar-refractivity contribution in [3.8, 4) is 11.5 Å². The third-order valence-corrected chi connectivity index (χ3v) is 3.21. The third-order valence-electron chi connectivity index (χ3n) is 2.92. The Hall–Kier alpha value is -0.930. The minimum absolute atomic E-state index is 0.487. The predicted octanol–water partition coefficient (Wildman–Crippen LogP) is 4.03. The van der Waals surface area contributed by atoms with E-state index in [1.165, 1.54) is 0 Å². The molecule has 0 spiro atoms. The fraction of sp³-hybridized carbons (Fsp3) is 0.600. The van der Waals surface area contributed by atoms with E-state index in [1.807, 2.05) is 26.0 Å². The second-order valence-corrected chi connectivity index (χ2v) is 4.87. The van der Waals surface area contributed by atoms with Crippen LogP contribution >= 0.6 is 11.6 Å². The van der Waals surface area contributed by atoms with E-state index in [1.54, 1.807) is 0 Å². The molecule has 0 aliphatic carbocycles. The lowest BCUT2D eigenvalue weighted by atomic mass is 10.1. The first-order valence-corrected chi connectivity index (χ1v) is 7.31. The molecule has 0 bridgehead atoms. The molecule has 0 fully saturated rings. The SMILES string of the molecule is CCOc1cc(CN[C@@H](C)CC)cc(Cl)c1OCC. The smallest absolute Gasteiger partial charge is 0.179 e. The molecule has 19 heavy (non-hydrogen) atoms. The fourth-order valence-electron chi connectivity index (χ4n) is 1.71. The van der Waals surface area contributed by atoms with Gasteiger partial charge in [-0.2, -0.15) is 0 Å². The van der Waals surface area contributed by atoms with Crippen molar-refractivity contribution in [2.24, 2.45) is 0 Å². The number of halogens is 1. The van der Waals surface area contributed by atoms with Crippen LogP contribution in [0.3, 0.4) is 0 Å². The van der Waals surface area contributed by atoms with Gasteiger partial charge in [0.25, 0.3) is 0 Å². The second kappa shape index (κ2) is 8.28. The Kier molecular flexibility index (Phi) is 7.03. The van der Waals surface area contributed by atoms with Crippen LogP contribution in [-0.4, -0.2) is 19.3 Å². The molecule has 0 aromatic heterocycles. The summed E-state index contributed by atoms with van der Waals surface area (Å²) < 4.78 is 11.2. The molecular formula is C15H24ClNO2. The number of rotatable bonds is 8. The summed E-state index contributed by atoms with van der Waals surface area (Å²) in [5.74, 6) is 1.36. The minimum Gasteiger partial charge on any atom is -0.490 e. The van der Waals surface area contributed by atoms with E-state index in [0.29, 0.717) is 30.0 Å². The first-order chi connectivity index (χ1) is 9.12. The second-order valence-electron chi connectivity index (χ2n) is 4.46. The van der Waals surface area contributed by atoms with Crippen molar-refractivity contribution in [3.63, 3.8) is 0 Å². The topological polar surface area (TPSA) is 30.5 Å². The van der Waals surface area contributed by atoms with Crippen LogP contribution in [0.1, 0.15) is 39.7 Å². The summed E-state index contributed by atoms with van der Waals surface area (Å²) in [5, 5.41) is 4.05. The molecule has 0 aliphatic rings. The number of benzene rings is 1. The molecule has 4 heteroatoms. The molecule has 0 aliphatic heterocycles. The molecule has 0 saturated carbocycles. The summed E-state index contributed by atoms with van der Waals surface area (Å²) >= 11 is 6.27. The van der Waals surface area contributed by atoms with Gasteiger partial charge in [0.1, 0.15) is 0 Å². The molecule has 0 unspecified atom stereocenters. The van der Waals surface area contributed by atoms with Crippen molar-refractivity contribution < 1.29 is 9.47 Å². The quantitative estimate of drug-likeness (QED) is 0.782. The zero-order chi connectivity index (χ0) is 14.3. The van der Waals surface area contributed by atoms with Crippen LogP contribution in [0.4, 0.5) is 0 Å². The summed E-state index contributed by atoms with van der Waals surface area (Å²) in [4.78, 5) is 0. The van der Waals surface area contributed by atoms with Crippen LogP contribution in [0.15, 0.2) is 12.1 Å². The van der Waals surface area contributed by atoms with Gasteiger partial charge in [0.2, 0.25) is 0 Å². The lowest BCUT2D eigenvalue weighted by Gasteiger charge is -2.16. The first kappa shape index (κ1) is 16.1. The molecule has 0 heterocycles. The van der Waals surface area contributed by atoms with Crippen molar-refractivity contribution in [2.45, 2.75) is 46.7 Å². The van der Waals surface area contributed by atoms with Crippen LogP contribution in [0.2, 0.25) is 5.02 Å². The Bertz CT molecular complexity index is 396. The van der Waals surface area contributed by atoms with Gasteiger partial charge in [-0.3, -0.25) is 0 Å². The first-order valence-electron chi connectivity index (χ1n) is 6.93. The summed E-state index contributed by atoms with van der Waals surface area (Å²) in [5.41, 5.74) is 1.11. The minimum atomic E-state index is 0.487. The van der Waals surface area contributed by atoms with Crippen molar-refractivity contribution in [1.29, 1.82) is 0 Å². The van der Waals surface area contributed by atoms with Gasteiger partial charge in [-0.1, -0.05) is 18.5 Å². The van der Waals surface area contributed by atoms with Gasteiger partial charge in [-0.15, -0.1) is 0 Å². The number of ether oxygens (including phenoxy) is 2. The zero-order valence-corrected chi connectivity index (χ0v) is 13.0. The van der Waals surface area contributed by atoms with Gasteiger partial charge >= 0.3 is 0 Å². The number of hydrogen-bond acceptors (Lipinski definition) is 3. The lowest BCUT2D eigenvalue weighted by molar-refractivity contribution is 0.287. The highest BCUT2D eigenvalue weighted by Crippen LogP contribution is 2.36. The summed E-state index contributed by atoms with van der Waals surface area (Å²) in [6.45, 7) is 10.2. The van der Waals surface area contributed by atoms with Crippen LogP contribution < -0.4 is 14.8 Å². The largest absolute Gasteiger partial charge is 0.490 e. The Morgan fingerprint density at radius 2 is 1.84 bits per heavy atom. The molecule has 3 nitrogen and oxygen atoms in total. The molecule has 108 valence electrons. The maximum atomic E-state index is 6.27. The predicted molar refractivity (Wildman–Crippen MR) is 80.4 cm³/mol. The Labute approximate surface area is 121 Å². The third kappa shape index (κ3) is 4.92. The fourth-order valence-corrected chi connectivity index (χ4v) is 2.00. The lowest BCUT2D eigenvalue weighted by Crippen LogP contribution is -2.24. The van der Waals surface area contributed by atoms with Gasteiger partial charge in [0.05, 0.1) is 18.2 Å². The highest BCUT2D eigenvalue weighted by Gasteiger charge is 2.12. The molecule has 1 aromatic rings. The van der Waals surface area contributed by atoms with Gasteiger partial charge in [0, 0.05) is 12.6 Å². The number of hydrogen-bond donors (Lipinski definition) is 1. The van der Waals surface area contributed by atoms with Gasteiger partial charge < -0.3 is 14.8 Å². The van der Waals surface area contributed by atoms with E-state index in [0.717, 1.165) is 24.3 Å².